The Morgan fingerprint density at radius 1 is 1.23 bits per heavy atom. The molecule has 0 saturated carbocycles. The van der Waals surface area contributed by atoms with Crippen LogP contribution in [0.2, 0.25) is 0 Å². The summed E-state index contributed by atoms with van der Waals surface area (Å²) in [5.41, 5.74) is 0. The SMILES string of the molecule is CN[C@H]1CCN(S(=O)(=O)c2ccc3cnccc3c2)C1.Cl.Cl. The van der Waals surface area contributed by atoms with Gasteiger partial charge in [0.05, 0.1) is 4.90 Å². The van der Waals surface area contributed by atoms with Gasteiger partial charge in [0.2, 0.25) is 10.0 Å². The van der Waals surface area contributed by atoms with E-state index in [2.05, 4.69) is 10.3 Å². The maximum absolute atomic E-state index is 12.6. The van der Waals surface area contributed by atoms with Crippen LogP contribution in [0.5, 0.6) is 0 Å². The molecular formula is C14H19Cl2N3O2S. The van der Waals surface area contributed by atoms with Gasteiger partial charge in [0.25, 0.3) is 0 Å². The minimum Gasteiger partial charge on any atom is -0.316 e. The lowest BCUT2D eigenvalue weighted by Crippen LogP contribution is -2.33. The quantitative estimate of drug-likeness (QED) is 0.906. The highest BCUT2D eigenvalue weighted by Gasteiger charge is 2.31. The first-order valence-electron chi connectivity index (χ1n) is 6.62. The van der Waals surface area contributed by atoms with Gasteiger partial charge < -0.3 is 5.32 Å². The highest BCUT2D eigenvalue weighted by molar-refractivity contribution is 7.89. The topological polar surface area (TPSA) is 62.3 Å². The fraction of sp³-hybridized carbons (Fsp3) is 0.357. The number of nitrogens with one attached hydrogen (secondary N) is 1. The predicted octanol–water partition coefficient (Wildman–Crippen LogP) is 2.06. The van der Waals surface area contributed by atoms with Crippen molar-refractivity contribution in [3.05, 3.63) is 36.7 Å². The molecule has 2 aromatic rings. The Labute approximate surface area is 143 Å². The van der Waals surface area contributed by atoms with Gasteiger partial charge in [-0.25, -0.2) is 8.42 Å². The number of aromatic nitrogens is 1. The number of hydrogen-bond donors (Lipinski definition) is 1. The first-order chi connectivity index (χ1) is 9.61. The van der Waals surface area contributed by atoms with Crippen molar-refractivity contribution in [2.24, 2.45) is 0 Å². The zero-order chi connectivity index (χ0) is 14.2. The largest absolute Gasteiger partial charge is 0.316 e. The van der Waals surface area contributed by atoms with Gasteiger partial charge in [0.15, 0.2) is 0 Å². The molecule has 1 atom stereocenters. The monoisotopic (exact) mass is 363 g/mol. The number of halogens is 2. The molecule has 122 valence electrons. The Hall–Kier alpha value is -0.920. The normalized spacial score (nSPS) is 18.7. The number of rotatable bonds is 3. The van der Waals surface area contributed by atoms with Crippen LogP contribution in [0.25, 0.3) is 10.8 Å². The summed E-state index contributed by atoms with van der Waals surface area (Å²) in [5, 5.41) is 4.97. The smallest absolute Gasteiger partial charge is 0.243 e. The fourth-order valence-corrected chi connectivity index (χ4v) is 4.09. The summed E-state index contributed by atoms with van der Waals surface area (Å²) in [4.78, 5) is 4.39. The van der Waals surface area contributed by atoms with E-state index in [1.165, 1.54) is 0 Å². The molecule has 1 fully saturated rings. The molecule has 0 radical (unpaired) electrons. The van der Waals surface area contributed by atoms with E-state index in [9.17, 15) is 8.42 Å². The number of sulfonamides is 1. The Balaban J connectivity index is 0.00000121. The number of likely N-dealkylation sites (N-methyl/N-ethyl adjacent to an activating group) is 1. The maximum Gasteiger partial charge on any atom is 0.243 e. The zero-order valence-corrected chi connectivity index (χ0v) is 14.5. The predicted molar refractivity (Wildman–Crippen MR) is 92.5 cm³/mol. The van der Waals surface area contributed by atoms with Crippen LogP contribution in [0, 0.1) is 0 Å². The van der Waals surface area contributed by atoms with Crippen molar-refractivity contribution in [1.29, 1.82) is 0 Å². The zero-order valence-electron chi connectivity index (χ0n) is 12.1. The van der Waals surface area contributed by atoms with E-state index < -0.39 is 10.0 Å². The minimum absolute atomic E-state index is 0. The van der Waals surface area contributed by atoms with Crippen molar-refractivity contribution in [2.45, 2.75) is 17.4 Å². The summed E-state index contributed by atoms with van der Waals surface area (Å²) in [6.45, 7) is 1.11. The van der Waals surface area contributed by atoms with Gasteiger partial charge in [0, 0.05) is 36.9 Å². The third-order valence-electron chi connectivity index (χ3n) is 3.81. The van der Waals surface area contributed by atoms with Crippen LogP contribution in [0.3, 0.4) is 0 Å². The van der Waals surface area contributed by atoms with Gasteiger partial charge in [-0.1, -0.05) is 6.07 Å². The molecule has 1 N–H and O–H groups in total. The summed E-state index contributed by atoms with van der Waals surface area (Å²) in [5.74, 6) is 0. The minimum atomic E-state index is -3.40. The summed E-state index contributed by atoms with van der Waals surface area (Å²) in [7, 11) is -1.54. The Morgan fingerprint density at radius 2 is 2.00 bits per heavy atom. The van der Waals surface area contributed by atoms with Gasteiger partial charge >= 0.3 is 0 Å². The fourth-order valence-electron chi connectivity index (χ4n) is 2.55. The van der Waals surface area contributed by atoms with E-state index in [1.807, 2.05) is 13.1 Å². The van der Waals surface area contributed by atoms with Crippen molar-refractivity contribution >= 4 is 45.6 Å². The van der Waals surface area contributed by atoms with Crippen molar-refractivity contribution in [2.75, 3.05) is 20.1 Å². The van der Waals surface area contributed by atoms with E-state index in [4.69, 9.17) is 0 Å². The average molecular weight is 364 g/mol. The molecule has 8 heteroatoms. The van der Waals surface area contributed by atoms with Crippen molar-refractivity contribution < 1.29 is 8.42 Å². The Kier molecular flexibility index (Phi) is 6.58. The highest BCUT2D eigenvalue weighted by Crippen LogP contribution is 2.24. The number of pyridine rings is 1. The lowest BCUT2D eigenvalue weighted by molar-refractivity contribution is 0.464. The van der Waals surface area contributed by atoms with E-state index in [1.54, 1.807) is 34.9 Å². The molecule has 0 spiro atoms. The van der Waals surface area contributed by atoms with Crippen LogP contribution in [-0.2, 0) is 10.0 Å². The van der Waals surface area contributed by atoms with Gasteiger partial charge in [-0.2, -0.15) is 4.31 Å². The first-order valence-corrected chi connectivity index (χ1v) is 8.06. The van der Waals surface area contributed by atoms with Crippen LogP contribution in [0.1, 0.15) is 6.42 Å². The number of benzene rings is 1. The van der Waals surface area contributed by atoms with Crippen LogP contribution in [0.4, 0.5) is 0 Å². The van der Waals surface area contributed by atoms with Crippen LogP contribution in [-0.4, -0.2) is 43.9 Å². The molecule has 1 aromatic heterocycles. The maximum atomic E-state index is 12.6. The molecule has 1 aliphatic heterocycles. The van der Waals surface area contributed by atoms with Crippen molar-refractivity contribution in [3.8, 4) is 0 Å². The van der Waals surface area contributed by atoms with Crippen molar-refractivity contribution in [1.82, 2.24) is 14.6 Å². The van der Waals surface area contributed by atoms with Gasteiger partial charge in [-0.3, -0.25) is 4.98 Å². The summed E-state index contributed by atoms with van der Waals surface area (Å²) >= 11 is 0. The number of nitrogens with zero attached hydrogens (tertiary/aromatic N) is 2. The molecule has 1 saturated heterocycles. The number of hydrogen-bond acceptors (Lipinski definition) is 4. The second kappa shape index (κ2) is 7.57. The first kappa shape index (κ1) is 19.1. The van der Waals surface area contributed by atoms with Gasteiger partial charge in [0.1, 0.15) is 0 Å². The van der Waals surface area contributed by atoms with Gasteiger partial charge in [-0.05, 0) is 37.1 Å². The van der Waals surface area contributed by atoms with Crippen LogP contribution >= 0.6 is 24.8 Å². The van der Waals surface area contributed by atoms with E-state index >= 15 is 0 Å². The van der Waals surface area contributed by atoms with Crippen LogP contribution in [0.15, 0.2) is 41.6 Å². The highest BCUT2D eigenvalue weighted by atomic mass is 35.5. The van der Waals surface area contributed by atoms with E-state index in [-0.39, 0.29) is 30.9 Å². The third kappa shape index (κ3) is 3.52. The summed E-state index contributed by atoms with van der Waals surface area (Å²) in [6, 6.07) is 7.26. The molecule has 3 rings (SSSR count). The molecule has 0 amide bonds. The second-order valence-electron chi connectivity index (χ2n) is 5.02. The summed E-state index contributed by atoms with van der Waals surface area (Å²) in [6.07, 6.45) is 4.26. The molecule has 0 bridgehead atoms. The molecule has 1 aromatic carbocycles. The molecule has 0 aliphatic carbocycles. The molecular weight excluding hydrogens is 345 g/mol. The van der Waals surface area contributed by atoms with E-state index in [0.717, 1.165) is 17.2 Å². The molecule has 22 heavy (non-hydrogen) atoms. The number of fused-ring (bicyclic) bond motifs is 1. The lowest BCUT2D eigenvalue weighted by Gasteiger charge is -2.16. The summed E-state index contributed by atoms with van der Waals surface area (Å²) < 4.78 is 26.8. The Morgan fingerprint density at radius 3 is 2.68 bits per heavy atom. The van der Waals surface area contributed by atoms with E-state index in [0.29, 0.717) is 18.0 Å². The standard InChI is InChI=1S/C14H17N3O2S.2ClH/c1-15-13-5-7-17(10-13)20(18,19)14-3-2-12-9-16-6-4-11(12)8-14;;/h2-4,6,8-9,13,15H,5,7,10H2,1H3;2*1H/t13-;;/m0../s1. The Bertz CT molecular complexity index is 740. The van der Waals surface area contributed by atoms with Gasteiger partial charge in [-0.15, -0.1) is 24.8 Å². The lowest BCUT2D eigenvalue weighted by atomic mass is 10.2. The molecule has 1 aliphatic rings. The molecule has 5 nitrogen and oxygen atoms in total. The molecule has 0 unspecified atom stereocenters. The van der Waals surface area contributed by atoms with Crippen LogP contribution < -0.4 is 5.32 Å². The second-order valence-corrected chi connectivity index (χ2v) is 6.96. The van der Waals surface area contributed by atoms with Crippen molar-refractivity contribution in [3.63, 3.8) is 0 Å². The third-order valence-corrected chi connectivity index (χ3v) is 5.67. The molecule has 2 heterocycles. The average Bonchev–Trinajstić information content (AvgIpc) is 2.96.